The molecule has 0 saturated heterocycles. The van der Waals surface area contributed by atoms with Crippen LogP contribution in [-0.2, 0) is 24.4 Å². The molecular formula is C51H88BBrClN3O6. The molecule has 0 aliphatic heterocycles. The number of ether oxygens (including phenoxy) is 3. The normalized spacial score (nSPS) is 10.7. The van der Waals surface area contributed by atoms with Crippen LogP contribution in [0.15, 0.2) is 72.8 Å². The Hall–Kier alpha value is -2.96. The number of amides is 1. The highest BCUT2D eigenvalue weighted by Crippen LogP contribution is 2.20. The number of benzene rings is 3. The molecule has 0 heterocycles. The van der Waals surface area contributed by atoms with Crippen molar-refractivity contribution in [3.63, 3.8) is 0 Å². The zero-order valence-corrected chi connectivity index (χ0v) is 43.3. The summed E-state index contributed by atoms with van der Waals surface area (Å²) in [6.45, 7) is 23.8. The number of alkyl halides is 1. The third-order valence-electron chi connectivity index (χ3n) is 9.75. The first-order chi connectivity index (χ1) is 29.7. The first-order valence-corrected chi connectivity index (χ1v) is 24.6. The van der Waals surface area contributed by atoms with Gasteiger partial charge in [0.2, 0.25) is 0 Å². The van der Waals surface area contributed by atoms with Gasteiger partial charge in [-0.1, -0.05) is 132 Å². The minimum atomic E-state index is -0.497. The first kappa shape index (κ1) is 62.1. The molecule has 0 atom stereocenters. The number of alkyl carbamates (subject to hydrolysis) is 1. The van der Waals surface area contributed by atoms with Crippen LogP contribution in [0.5, 0.6) is 17.2 Å². The molecule has 63 heavy (non-hydrogen) atoms. The summed E-state index contributed by atoms with van der Waals surface area (Å²) in [5, 5.41) is 25.2. The number of nitrogens with two attached hydrogens (primary N) is 1. The van der Waals surface area contributed by atoms with E-state index >= 15 is 0 Å². The number of hydrogen-bond acceptors (Lipinski definition) is 8. The summed E-state index contributed by atoms with van der Waals surface area (Å²) in [6.07, 6.45) is 14.8. The quantitative estimate of drug-likeness (QED) is 0.0418. The second kappa shape index (κ2) is 39.4. The fourth-order valence-electron chi connectivity index (χ4n) is 6.73. The molecule has 0 spiro atoms. The number of phenolic OH excluding ortho intramolecular Hbond substituents is 1. The van der Waals surface area contributed by atoms with E-state index in [0.717, 1.165) is 47.3 Å². The molecule has 3 rings (SSSR count). The van der Waals surface area contributed by atoms with Crippen molar-refractivity contribution in [1.29, 1.82) is 0 Å². The molecule has 360 valence electrons. The number of hydrogen-bond donors (Lipinski definition) is 5. The highest BCUT2D eigenvalue weighted by Gasteiger charge is 2.16. The SMILES string of the molecule is CC(C)(C)OC(=O)NCc1cccc(O)c1.CCCC(CBr)CCC.CCCC(CCC)COc1cccc(CN)c1.CCCC(CCC)COc1cccc(CNB(C)O)c1.Cl. The Bertz CT molecular complexity index is 1510. The zero-order chi connectivity index (χ0) is 46.6. The fourth-order valence-corrected chi connectivity index (χ4v) is 7.37. The maximum absolute atomic E-state index is 11.3. The minimum absolute atomic E-state index is 0. The van der Waals surface area contributed by atoms with E-state index in [1.165, 1.54) is 82.4 Å². The largest absolute Gasteiger partial charge is 0.508 e. The molecule has 0 aliphatic rings. The van der Waals surface area contributed by atoms with Crippen molar-refractivity contribution >= 4 is 41.5 Å². The molecule has 9 nitrogen and oxygen atoms in total. The van der Waals surface area contributed by atoms with Gasteiger partial charge < -0.3 is 40.6 Å². The molecule has 1 amide bonds. The standard InChI is InChI=1S/C16H28BNO2.C15H25NO.C12H17NO3.C8H17Br.ClH/c1-4-7-14(8-5-2)13-20-16-10-6-9-15(11-16)12-18-17(3)19;1-3-6-13(7-4-2)12-17-15-9-5-8-14(10-15)11-16;1-12(2,3)16-11(15)13-8-9-5-4-6-10(14)7-9;1-3-5-8(7-9)6-4-2;/h6,9-11,14,18-19H,4-5,7-8,12-13H2,1-3H3;5,8-10,13H,3-4,6-7,11-12,16H2,1-2H3;4-7,14H,8H2,1-3H3,(H,13,15);8H,3-7H2,1-2H3;1H. The van der Waals surface area contributed by atoms with Gasteiger partial charge in [-0.25, -0.2) is 4.79 Å². The number of phenols is 1. The van der Waals surface area contributed by atoms with Crippen LogP contribution in [0.3, 0.4) is 0 Å². The van der Waals surface area contributed by atoms with E-state index in [4.69, 9.17) is 19.9 Å². The van der Waals surface area contributed by atoms with E-state index in [0.29, 0.717) is 31.5 Å². The van der Waals surface area contributed by atoms with Crippen LogP contribution in [0.2, 0.25) is 6.82 Å². The van der Waals surface area contributed by atoms with Crippen LogP contribution in [0.25, 0.3) is 0 Å². The van der Waals surface area contributed by atoms with Gasteiger partial charge in [-0.15, -0.1) is 12.4 Å². The van der Waals surface area contributed by atoms with Crippen molar-refractivity contribution in [2.75, 3.05) is 18.5 Å². The summed E-state index contributed by atoms with van der Waals surface area (Å²) in [5.74, 6) is 4.33. The molecule has 0 fully saturated rings. The summed E-state index contributed by atoms with van der Waals surface area (Å²) in [5.41, 5.74) is 8.20. The lowest BCUT2D eigenvalue weighted by Crippen LogP contribution is -2.32. The third-order valence-corrected chi connectivity index (χ3v) is 10.7. The van der Waals surface area contributed by atoms with E-state index in [1.807, 2.05) is 54.6 Å². The molecule has 0 saturated carbocycles. The second-order valence-electron chi connectivity index (χ2n) is 17.2. The smallest absolute Gasteiger partial charge is 0.407 e. The molecule has 0 radical (unpaired) electrons. The Morgan fingerprint density at radius 2 is 1.10 bits per heavy atom. The molecule has 12 heteroatoms. The van der Waals surface area contributed by atoms with Crippen molar-refractivity contribution in [1.82, 2.24) is 10.5 Å². The Kier molecular flexibility index (Phi) is 38.9. The minimum Gasteiger partial charge on any atom is -0.508 e. The van der Waals surface area contributed by atoms with Crippen molar-refractivity contribution in [2.45, 2.75) is 171 Å². The van der Waals surface area contributed by atoms with Gasteiger partial charge in [0.25, 0.3) is 0 Å². The highest BCUT2D eigenvalue weighted by molar-refractivity contribution is 9.09. The van der Waals surface area contributed by atoms with Gasteiger partial charge in [-0.3, -0.25) is 0 Å². The molecule has 0 unspecified atom stereocenters. The number of halogens is 2. The summed E-state index contributed by atoms with van der Waals surface area (Å²) in [6, 6.07) is 22.9. The predicted octanol–water partition coefficient (Wildman–Crippen LogP) is 13.7. The Morgan fingerprint density at radius 1 is 0.683 bits per heavy atom. The van der Waals surface area contributed by atoms with E-state index in [2.05, 4.69) is 68.0 Å². The number of aromatic hydroxyl groups is 1. The van der Waals surface area contributed by atoms with Crippen LogP contribution in [0.1, 0.15) is 156 Å². The van der Waals surface area contributed by atoms with Crippen molar-refractivity contribution < 1.29 is 29.1 Å². The summed E-state index contributed by atoms with van der Waals surface area (Å²) < 4.78 is 16.9. The van der Waals surface area contributed by atoms with Gasteiger partial charge in [0.1, 0.15) is 22.8 Å². The lowest BCUT2D eigenvalue weighted by Gasteiger charge is -2.19. The molecule has 0 aromatic heterocycles. The van der Waals surface area contributed by atoms with Crippen LogP contribution in [-0.4, -0.2) is 47.4 Å². The van der Waals surface area contributed by atoms with Crippen LogP contribution < -0.4 is 25.8 Å². The summed E-state index contributed by atoms with van der Waals surface area (Å²) in [7, 11) is -0.488. The Labute approximate surface area is 399 Å². The van der Waals surface area contributed by atoms with Gasteiger partial charge in [-0.05, 0) is 137 Å². The summed E-state index contributed by atoms with van der Waals surface area (Å²) >= 11 is 3.52. The average Bonchev–Trinajstić information content (AvgIpc) is 3.24. The van der Waals surface area contributed by atoms with Crippen LogP contribution in [0, 0.1) is 17.8 Å². The molecule has 3 aromatic carbocycles. The average molecular weight is 965 g/mol. The first-order valence-electron chi connectivity index (χ1n) is 23.5. The van der Waals surface area contributed by atoms with Crippen LogP contribution >= 0.6 is 28.3 Å². The van der Waals surface area contributed by atoms with Crippen molar-refractivity contribution in [3.05, 3.63) is 89.5 Å². The lowest BCUT2D eigenvalue weighted by molar-refractivity contribution is 0.0523. The zero-order valence-electron chi connectivity index (χ0n) is 40.9. The van der Waals surface area contributed by atoms with Gasteiger partial charge in [0.05, 0.1) is 13.2 Å². The van der Waals surface area contributed by atoms with E-state index in [-0.39, 0.29) is 18.2 Å². The van der Waals surface area contributed by atoms with Gasteiger partial charge in [-0.2, -0.15) is 0 Å². The fraction of sp³-hybridized carbons (Fsp3) is 0.627. The maximum Gasteiger partial charge on any atom is 0.407 e. The molecule has 6 N–H and O–H groups in total. The maximum atomic E-state index is 11.3. The van der Waals surface area contributed by atoms with E-state index in [1.54, 1.807) is 45.8 Å². The van der Waals surface area contributed by atoms with Crippen LogP contribution in [0.4, 0.5) is 4.79 Å². The lowest BCUT2D eigenvalue weighted by atomic mass is 9.88. The molecule has 0 bridgehead atoms. The van der Waals surface area contributed by atoms with Gasteiger partial charge in [0.15, 0.2) is 0 Å². The third kappa shape index (κ3) is 35.0. The molecular weight excluding hydrogens is 877 g/mol. The topological polar surface area (TPSA) is 135 Å². The monoisotopic (exact) mass is 964 g/mol. The molecule has 0 aliphatic carbocycles. The van der Waals surface area contributed by atoms with Gasteiger partial charge >= 0.3 is 13.1 Å². The molecule has 3 aromatic rings. The number of carbonyl (C=O) groups is 1. The Balaban J connectivity index is 0. The van der Waals surface area contributed by atoms with Crippen molar-refractivity contribution in [2.24, 2.45) is 23.5 Å². The van der Waals surface area contributed by atoms with E-state index < -0.39 is 18.7 Å². The van der Waals surface area contributed by atoms with Crippen molar-refractivity contribution in [3.8, 4) is 17.2 Å². The number of nitrogens with one attached hydrogen (secondary N) is 2. The second-order valence-corrected chi connectivity index (χ2v) is 17.8. The van der Waals surface area contributed by atoms with E-state index in [9.17, 15) is 14.9 Å². The number of rotatable bonds is 25. The predicted molar refractivity (Wildman–Crippen MR) is 275 cm³/mol. The Morgan fingerprint density at radius 3 is 1.49 bits per heavy atom. The highest BCUT2D eigenvalue weighted by atomic mass is 79.9. The number of carbonyl (C=O) groups excluding carboxylic acids is 1. The summed E-state index contributed by atoms with van der Waals surface area (Å²) in [4.78, 5) is 11.3. The van der Waals surface area contributed by atoms with Gasteiger partial charge in [0, 0.05) is 25.0 Å².